The second-order valence-electron chi connectivity index (χ2n) is 7.99. The van der Waals surface area contributed by atoms with Crippen molar-refractivity contribution >= 4 is 22.6 Å². The first-order valence-electron chi connectivity index (χ1n) is 10.4. The van der Waals surface area contributed by atoms with Crippen molar-refractivity contribution in [1.82, 2.24) is 20.0 Å². The molecule has 9 nitrogen and oxygen atoms in total. The summed E-state index contributed by atoms with van der Waals surface area (Å²) in [5.41, 5.74) is 3.58. The van der Waals surface area contributed by atoms with Crippen LogP contribution in [0, 0.1) is 6.57 Å². The number of H-pyrrole nitrogens is 1. The third kappa shape index (κ3) is 4.71. The Balaban J connectivity index is 1.65. The molecule has 0 fully saturated rings. The highest BCUT2D eigenvalue weighted by atomic mass is 16.5. The zero-order chi connectivity index (χ0) is 23.5. The molecule has 4 aromatic rings. The Bertz CT molecular complexity index is 1350. The fourth-order valence-corrected chi connectivity index (χ4v) is 3.65. The molecule has 2 aromatic carbocycles. The summed E-state index contributed by atoms with van der Waals surface area (Å²) < 4.78 is 11.2. The van der Waals surface area contributed by atoms with Crippen LogP contribution in [0.25, 0.3) is 38.6 Å². The maximum atomic E-state index is 11.0. The average molecular weight is 445 g/mol. The minimum absolute atomic E-state index is 0.0403. The number of aromatic nitrogens is 3. The number of likely N-dealkylation sites (N-methyl/N-ethyl adjacent to an activating group) is 1. The van der Waals surface area contributed by atoms with Crippen LogP contribution in [0.1, 0.15) is 19.4 Å². The third-order valence-electron chi connectivity index (χ3n) is 5.00. The summed E-state index contributed by atoms with van der Waals surface area (Å²) >= 11 is 0. The minimum atomic E-state index is -0.873. The van der Waals surface area contributed by atoms with E-state index in [1.807, 2.05) is 38.2 Å². The molecule has 0 aliphatic heterocycles. The van der Waals surface area contributed by atoms with Crippen molar-refractivity contribution in [2.24, 2.45) is 0 Å². The van der Waals surface area contributed by atoms with Crippen LogP contribution in [-0.4, -0.2) is 50.8 Å². The van der Waals surface area contributed by atoms with Gasteiger partial charge in [-0.2, -0.15) is 4.98 Å². The summed E-state index contributed by atoms with van der Waals surface area (Å²) in [4.78, 5) is 24.0. The number of nitrogens with one attached hydrogen (secondary N) is 1. The molecule has 0 spiro atoms. The third-order valence-corrected chi connectivity index (χ3v) is 5.00. The van der Waals surface area contributed by atoms with Gasteiger partial charge in [0, 0.05) is 29.3 Å². The topological polar surface area (TPSA) is 109 Å². The van der Waals surface area contributed by atoms with Crippen molar-refractivity contribution in [3.8, 4) is 28.6 Å². The molecule has 9 heteroatoms. The number of rotatable bonds is 8. The van der Waals surface area contributed by atoms with Crippen LogP contribution in [0.5, 0.6) is 5.75 Å². The van der Waals surface area contributed by atoms with Crippen LogP contribution in [0.2, 0.25) is 0 Å². The molecule has 33 heavy (non-hydrogen) atoms. The van der Waals surface area contributed by atoms with Crippen molar-refractivity contribution in [2.75, 3.05) is 13.6 Å². The van der Waals surface area contributed by atoms with Gasteiger partial charge in [-0.05, 0) is 50.7 Å². The molecular formula is C24H23N5O4. The number of carboxylic acid groups (broad SMARTS) is 1. The number of aliphatic carboxylic acids is 1. The molecule has 2 aromatic heterocycles. The van der Waals surface area contributed by atoms with Gasteiger partial charge < -0.3 is 19.4 Å². The molecule has 0 unspecified atom stereocenters. The zero-order valence-electron chi connectivity index (χ0n) is 18.5. The van der Waals surface area contributed by atoms with Gasteiger partial charge in [-0.15, -0.1) is 0 Å². The lowest BCUT2D eigenvalue weighted by molar-refractivity contribution is -0.138. The number of hydrogen-bond donors (Lipinski definition) is 2. The van der Waals surface area contributed by atoms with Gasteiger partial charge in [-0.1, -0.05) is 17.3 Å². The summed E-state index contributed by atoms with van der Waals surface area (Å²) in [6.07, 6.45) is 1.82. The molecule has 2 N–H and O–H groups in total. The second kappa shape index (κ2) is 9.14. The zero-order valence-corrected chi connectivity index (χ0v) is 18.5. The van der Waals surface area contributed by atoms with E-state index in [0.29, 0.717) is 35.3 Å². The van der Waals surface area contributed by atoms with Gasteiger partial charge in [-0.25, -0.2) is 4.85 Å². The first-order valence-corrected chi connectivity index (χ1v) is 10.4. The SMILES string of the molecule is [C-]#[N+]c1cc(-c2nc(-c3cccc4c(CN(C)CC(=O)O)c[nH]c34)no2)ccc1OC(C)C. The molecule has 2 heterocycles. The van der Waals surface area contributed by atoms with Crippen molar-refractivity contribution in [3.05, 3.63) is 59.6 Å². The summed E-state index contributed by atoms with van der Waals surface area (Å²) in [5, 5.41) is 14.1. The molecule has 0 bridgehead atoms. The Morgan fingerprint density at radius 2 is 2.15 bits per heavy atom. The van der Waals surface area contributed by atoms with Gasteiger partial charge in [-0.3, -0.25) is 9.69 Å². The van der Waals surface area contributed by atoms with Crippen LogP contribution < -0.4 is 4.74 Å². The van der Waals surface area contributed by atoms with Gasteiger partial charge in [0.2, 0.25) is 11.5 Å². The smallest absolute Gasteiger partial charge is 0.317 e. The normalized spacial score (nSPS) is 11.3. The van der Waals surface area contributed by atoms with Crippen LogP contribution >= 0.6 is 0 Å². The first kappa shape index (κ1) is 22.0. The number of carboxylic acids is 1. The van der Waals surface area contributed by atoms with Crippen molar-refractivity contribution in [2.45, 2.75) is 26.5 Å². The van der Waals surface area contributed by atoms with Crippen molar-refractivity contribution < 1.29 is 19.2 Å². The van der Waals surface area contributed by atoms with E-state index in [2.05, 4.69) is 20.0 Å². The minimum Gasteiger partial charge on any atom is -0.502 e. The molecule has 0 radical (unpaired) electrons. The highest BCUT2D eigenvalue weighted by Gasteiger charge is 2.17. The monoisotopic (exact) mass is 445 g/mol. The number of aromatic amines is 1. The molecule has 0 saturated heterocycles. The molecule has 4 rings (SSSR count). The van der Waals surface area contributed by atoms with E-state index in [-0.39, 0.29) is 12.6 Å². The van der Waals surface area contributed by atoms with Crippen molar-refractivity contribution in [1.29, 1.82) is 0 Å². The molecule has 0 atom stereocenters. The lowest BCUT2D eigenvalue weighted by Gasteiger charge is -2.13. The van der Waals surface area contributed by atoms with E-state index in [9.17, 15) is 4.79 Å². The fourth-order valence-electron chi connectivity index (χ4n) is 3.65. The average Bonchev–Trinajstić information content (AvgIpc) is 3.41. The van der Waals surface area contributed by atoms with E-state index in [1.54, 1.807) is 30.1 Å². The summed E-state index contributed by atoms with van der Waals surface area (Å²) in [7, 11) is 1.76. The van der Waals surface area contributed by atoms with E-state index in [1.165, 1.54) is 0 Å². The van der Waals surface area contributed by atoms with Gasteiger partial charge in [0.15, 0.2) is 0 Å². The Morgan fingerprint density at radius 3 is 2.88 bits per heavy atom. The van der Waals surface area contributed by atoms with E-state index in [0.717, 1.165) is 22.0 Å². The fraction of sp³-hybridized carbons (Fsp3) is 0.250. The maximum absolute atomic E-state index is 11.0. The van der Waals surface area contributed by atoms with Crippen molar-refractivity contribution in [3.63, 3.8) is 0 Å². The Labute approximate surface area is 190 Å². The molecule has 0 aliphatic rings. The van der Waals surface area contributed by atoms with Crippen LogP contribution in [0.15, 0.2) is 47.1 Å². The Hall–Kier alpha value is -4.16. The molecule has 168 valence electrons. The molecule has 0 aliphatic carbocycles. The van der Waals surface area contributed by atoms with Gasteiger partial charge >= 0.3 is 5.97 Å². The van der Waals surface area contributed by atoms with Crippen LogP contribution in [0.4, 0.5) is 5.69 Å². The van der Waals surface area contributed by atoms with E-state index in [4.69, 9.17) is 20.9 Å². The number of para-hydroxylation sites is 1. The van der Waals surface area contributed by atoms with Gasteiger partial charge in [0.25, 0.3) is 5.89 Å². The predicted molar refractivity (Wildman–Crippen MR) is 123 cm³/mol. The van der Waals surface area contributed by atoms with Crippen LogP contribution in [-0.2, 0) is 11.3 Å². The highest BCUT2D eigenvalue weighted by molar-refractivity contribution is 5.94. The lowest BCUT2D eigenvalue weighted by atomic mass is 10.1. The highest BCUT2D eigenvalue weighted by Crippen LogP contribution is 2.35. The number of benzene rings is 2. The number of ether oxygens (including phenoxy) is 1. The lowest BCUT2D eigenvalue weighted by Crippen LogP contribution is -2.24. The number of hydrogen-bond acceptors (Lipinski definition) is 6. The summed E-state index contributed by atoms with van der Waals surface area (Å²) in [6, 6.07) is 11.0. The molecule has 0 saturated carbocycles. The summed E-state index contributed by atoms with van der Waals surface area (Å²) in [6.45, 7) is 11.7. The number of fused-ring (bicyclic) bond motifs is 1. The number of carbonyl (C=O) groups is 1. The predicted octanol–water partition coefficient (Wildman–Crippen LogP) is 4.74. The first-order chi connectivity index (χ1) is 15.9. The molecular weight excluding hydrogens is 422 g/mol. The standard InChI is InChI=1S/C24H23N5O4/c1-14(2)32-20-9-8-15(10-19(20)25-3)24-27-23(28-33-24)18-7-5-6-17-16(11-26-22(17)18)12-29(4)13-21(30)31/h5-11,14,26H,12-13H2,1-2,4H3,(H,30,31). The largest absolute Gasteiger partial charge is 0.502 e. The van der Waals surface area contributed by atoms with Crippen LogP contribution in [0.3, 0.4) is 0 Å². The second-order valence-corrected chi connectivity index (χ2v) is 7.99. The Morgan fingerprint density at radius 1 is 1.33 bits per heavy atom. The Kier molecular flexibility index (Phi) is 6.11. The quantitative estimate of drug-likeness (QED) is 0.377. The summed E-state index contributed by atoms with van der Waals surface area (Å²) in [5.74, 6) is 0.355. The van der Waals surface area contributed by atoms with Gasteiger partial charge in [0.05, 0.1) is 24.7 Å². The van der Waals surface area contributed by atoms with E-state index < -0.39 is 5.97 Å². The maximum Gasteiger partial charge on any atom is 0.317 e. The molecule has 0 amide bonds. The van der Waals surface area contributed by atoms with Gasteiger partial charge in [0.1, 0.15) is 5.75 Å². The number of nitrogens with zero attached hydrogens (tertiary/aromatic N) is 4. The van der Waals surface area contributed by atoms with E-state index >= 15 is 0 Å².